The van der Waals surface area contributed by atoms with Crippen molar-refractivity contribution in [2.24, 2.45) is 7.05 Å². The average molecular weight is 236 g/mol. The largest absolute Gasteiger partial charge is 0.327 e. The van der Waals surface area contributed by atoms with Gasteiger partial charge >= 0.3 is 0 Å². The summed E-state index contributed by atoms with van der Waals surface area (Å²) in [6.45, 7) is 4.03. The SMILES string of the molecule is Cc1nc(C)n(C)c1I. The minimum Gasteiger partial charge on any atom is -0.327 e. The summed E-state index contributed by atoms with van der Waals surface area (Å²) in [5.74, 6) is 1.08. The number of hydrogen-bond donors (Lipinski definition) is 0. The summed E-state index contributed by atoms with van der Waals surface area (Å²) in [5.41, 5.74) is 1.12. The van der Waals surface area contributed by atoms with Gasteiger partial charge in [-0.2, -0.15) is 0 Å². The van der Waals surface area contributed by atoms with Crippen LogP contribution in [0.1, 0.15) is 11.5 Å². The summed E-state index contributed by atoms with van der Waals surface area (Å²) in [5, 5.41) is 0. The Balaban J connectivity index is 3.29. The van der Waals surface area contributed by atoms with Crippen molar-refractivity contribution in [1.82, 2.24) is 9.55 Å². The van der Waals surface area contributed by atoms with E-state index in [1.54, 1.807) is 0 Å². The van der Waals surface area contributed by atoms with Gasteiger partial charge in [0.15, 0.2) is 0 Å². The summed E-state index contributed by atoms with van der Waals surface area (Å²) in [6.07, 6.45) is 0. The van der Waals surface area contributed by atoms with Crippen LogP contribution in [0.3, 0.4) is 0 Å². The van der Waals surface area contributed by atoms with Gasteiger partial charge in [-0.25, -0.2) is 4.98 Å². The maximum Gasteiger partial charge on any atom is 0.106 e. The lowest BCUT2D eigenvalue weighted by atomic mass is 10.6. The maximum atomic E-state index is 4.27. The average Bonchev–Trinajstić information content (AvgIpc) is 1.98. The first-order valence-corrected chi connectivity index (χ1v) is 3.86. The molecule has 0 amide bonds. The highest BCUT2D eigenvalue weighted by molar-refractivity contribution is 14.1. The van der Waals surface area contributed by atoms with Gasteiger partial charge in [-0.3, -0.25) is 0 Å². The molecule has 0 aliphatic rings. The van der Waals surface area contributed by atoms with Crippen LogP contribution in [0.4, 0.5) is 0 Å². The molecule has 2 nitrogen and oxygen atoms in total. The van der Waals surface area contributed by atoms with E-state index in [9.17, 15) is 0 Å². The van der Waals surface area contributed by atoms with E-state index in [0.717, 1.165) is 11.5 Å². The molecule has 0 atom stereocenters. The van der Waals surface area contributed by atoms with Gasteiger partial charge in [0.2, 0.25) is 0 Å². The molecule has 50 valence electrons. The van der Waals surface area contributed by atoms with Crippen LogP contribution in [0.5, 0.6) is 0 Å². The number of halogens is 1. The molecule has 0 aliphatic carbocycles. The molecule has 1 aromatic rings. The zero-order valence-electron chi connectivity index (χ0n) is 5.77. The van der Waals surface area contributed by atoms with E-state index in [1.807, 2.05) is 20.9 Å². The third-order valence-electron chi connectivity index (χ3n) is 1.41. The minimum absolute atomic E-state index is 1.08. The molecule has 3 heteroatoms. The minimum atomic E-state index is 1.08. The molecule has 0 saturated carbocycles. The number of imidazole rings is 1. The van der Waals surface area contributed by atoms with Crippen LogP contribution in [-0.2, 0) is 7.05 Å². The Hall–Kier alpha value is -0.0600. The molecular weight excluding hydrogens is 227 g/mol. The zero-order chi connectivity index (χ0) is 7.02. The molecule has 9 heavy (non-hydrogen) atoms. The van der Waals surface area contributed by atoms with Crippen LogP contribution in [-0.4, -0.2) is 9.55 Å². The molecule has 0 aliphatic heterocycles. The fourth-order valence-electron chi connectivity index (χ4n) is 0.749. The van der Waals surface area contributed by atoms with Crippen molar-refractivity contribution in [3.8, 4) is 0 Å². The molecule has 1 aromatic heterocycles. The summed E-state index contributed by atoms with van der Waals surface area (Å²) in [4.78, 5) is 4.27. The molecule has 1 rings (SSSR count). The summed E-state index contributed by atoms with van der Waals surface area (Å²) < 4.78 is 3.31. The van der Waals surface area contributed by atoms with Crippen molar-refractivity contribution in [3.05, 3.63) is 15.2 Å². The Bertz CT molecular complexity index is 205. The van der Waals surface area contributed by atoms with Gasteiger partial charge in [-0.1, -0.05) is 0 Å². The van der Waals surface area contributed by atoms with E-state index in [4.69, 9.17) is 0 Å². The van der Waals surface area contributed by atoms with Crippen molar-refractivity contribution in [3.63, 3.8) is 0 Å². The summed E-state index contributed by atoms with van der Waals surface area (Å²) in [6, 6.07) is 0. The van der Waals surface area contributed by atoms with Gasteiger partial charge < -0.3 is 4.57 Å². The predicted octanol–water partition coefficient (Wildman–Crippen LogP) is 1.64. The second-order valence-electron chi connectivity index (χ2n) is 2.09. The lowest BCUT2D eigenvalue weighted by Crippen LogP contribution is -1.92. The highest BCUT2D eigenvalue weighted by Crippen LogP contribution is 2.10. The van der Waals surface area contributed by atoms with E-state index in [0.29, 0.717) is 0 Å². The summed E-state index contributed by atoms with van der Waals surface area (Å²) >= 11 is 2.29. The number of nitrogens with zero attached hydrogens (tertiary/aromatic N) is 2. The fourth-order valence-corrected chi connectivity index (χ4v) is 1.22. The van der Waals surface area contributed by atoms with Crippen LogP contribution in [0.25, 0.3) is 0 Å². The molecule has 0 saturated heterocycles. The van der Waals surface area contributed by atoms with E-state index < -0.39 is 0 Å². The fraction of sp³-hybridized carbons (Fsp3) is 0.500. The van der Waals surface area contributed by atoms with Gasteiger partial charge in [0, 0.05) is 7.05 Å². The molecule has 0 bridgehead atoms. The predicted molar refractivity (Wildman–Crippen MR) is 45.4 cm³/mol. The van der Waals surface area contributed by atoms with Crippen molar-refractivity contribution < 1.29 is 0 Å². The van der Waals surface area contributed by atoms with Crippen LogP contribution >= 0.6 is 22.6 Å². The molecular formula is C6H9IN2. The molecule has 1 heterocycles. The molecule has 0 N–H and O–H groups in total. The van der Waals surface area contributed by atoms with E-state index in [-0.39, 0.29) is 0 Å². The first-order chi connectivity index (χ1) is 4.13. The second kappa shape index (κ2) is 2.28. The van der Waals surface area contributed by atoms with Crippen molar-refractivity contribution >= 4 is 22.6 Å². The van der Waals surface area contributed by atoms with Crippen LogP contribution in [0.2, 0.25) is 0 Å². The molecule has 0 fully saturated rings. The lowest BCUT2D eigenvalue weighted by molar-refractivity contribution is 0.837. The number of aromatic nitrogens is 2. The van der Waals surface area contributed by atoms with Crippen LogP contribution in [0.15, 0.2) is 0 Å². The third kappa shape index (κ3) is 1.10. The molecule has 0 aromatic carbocycles. The van der Waals surface area contributed by atoms with E-state index in [1.165, 1.54) is 3.70 Å². The normalized spacial score (nSPS) is 10.2. The van der Waals surface area contributed by atoms with Crippen molar-refractivity contribution in [2.45, 2.75) is 13.8 Å². The lowest BCUT2D eigenvalue weighted by Gasteiger charge is -1.93. The first-order valence-electron chi connectivity index (χ1n) is 2.78. The van der Waals surface area contributed by atoms with E-state index in [2.05, 4.69) is 32.1 Å². The van der Waals surface area contributed by atoms with Crippen molar-refractivity contribution in [1.29, 1.82) is 0 Å². The highest BCUT2D eigenvalue weighted by atomic mass is 127. The second-order valence-corrected chi connectivity index (χ2v) is 3.12. The number of aryl methyl sites for hydroxylation is 2. The number of hydrogen-bond acceptors (Lipinski definition) is 1. The third-order valence-corrected chi connectivity index (χ3v) is 2.91. The van der Waals surface area contributed by atoms with E-state index >= 15 is 0 Å². The Morgan fingerprint density at radius 2 is 2.00 bits per heavy atom. The number of rotatable bonds is 0. The van der Waals surface area contributed by atoms with Gasteiger partial charge in [0.1, 0.15) is 9.53 Å². The standard InChI is InChI=1S/C6H9IN2/c1-4-6(7)9(3)5(2)8-4/h1-3H3. The Labute approximate surface area is 68.4 Å². The molecule has 0 unspecified atom stereocenters. The quantitative estimate of drug-likeness (QED) is 0.626. The molecule has 0 radical (unpaired) electrons. The van der Waals surface area contributed by atoms with Crippen LogP contribution in [0, 0.1) is 17.5 Å². The Morgan fingerprint density at radius 1 is 1.44 bits per heavy atom. The topological polar surface area (TPSA) is 17.8 Å². The zero-order valence-corrected chi connectivity index (χ0v) is 7.93. The Kier molecular flexibility index (Phi) is 1.79. The van der Waals surface area contributed by atoms with Crippen LogP contribution < -0.4 is 0 Å². The van der Waals surface area contributed by atoms with Gasteiger partial charge in [-0.15, -0.1) is 0 Å². The van der Waals surface area contributed by atoms with Gasteiger partial charge in [0.25, 0.3) is 0 Å². The monoisotopic (exact) mass is 236 g/mol. The smallest absolute Gasteiger partial charge is 0.106 e. The molecule has 0 spiro atoms. The van der Waals surface area contributed by atoms with Crippen molar-refractivity contribution in [2.75, 3.05) is 0 Å². The Morgan fingerprint density at radius 3 is 2.11 bits per heavy atom. The maximum absolute atomic E-state index is 4.27. The van der Waals surface area contributed by atoms with Gasteiger partial charge in [0.05, 0.1) is 5.69 Å². The van der Waals surface area contributed by atoms with Gasteiger partial charge in [-0.05, 0) is 36.4 Å². The highest BCUT2D eigenvalue weighted by Gasteiger charge is 2.02. The first kappa shape index (κ1) is 7.05. The summed E-state index contributed by atoms with van der Waals surface area (Å²) in [7, 11) is 2.02.